The minimum absolute atomic E-state index is 0.0416. The molecule has 0 radical (unpaired) electrons. The summed E-state index contributed by atoms with van der Waals surface area (Å²) in [4.78, 5) is 21.8. The fourth-order valence-corrected chi connectivity index (χ4v) is 4.03. The molecule has 0 unspecified atom stereocenters. The summed E-state index contributed by atoms with van der Waals surface area (Å²) in [6.07, 6.45) is 0. The van der Waals surface area contributed by atoms with Crippen molar-refractivity contribution < 1.29 is 4.79 Å². The van der Waals surface area contributed by atoms with Crippen LogP contribution in [0, 0.1) is 0 Å². The molecule has 4 rings (SSSR count). The van der Waals surface area contributed by atoms with Crippen LogP contribution in [0.25, 0.3) is 10.9 Å². The topological polar surface area (TPSA) is 54.9 Å². The van der Waals surface area contributed by atoms with Crippen molar-refractivity contribution in [1.82, 2.24) is 9.97 Å². The van der Waals surface area contributed by atoms with E-state index in [1.807, 2.05) is 72.8 Å². The van der Waals surface area contributed by atoms with E-state index in [2.05, 4.69) is 31.2 Å². The van der Waals surface area contributed by atoms with Crippen molar-refractivity contribution in [1.29, 1.82) is 0 Å². The van der Waals surface area contributed by atoms with Gasteiger partial charge in [0.25, 0.3) is 0 Å². The molecule has 1 N–H and O–H groups in total. The Morgan fingerprint density at radius 3 is 2.47 bits per heavy atom. The molecule has 0 saturated heterocycles. The number of anilines is 1. The van der Waals surface area contributed by atoms with E-state index in [9.17, 15) is 4.79 Å². The van der Waals surface area contributed by atoms with E-state index in [1.165, 1.54) is 11.8 Å². The van der Waals surface area contributed by atoms with Crippen LogP contribution in [0.1, 0.15) is 15.9 Å². The van der Waals surface area contributed by atoms with Crippen molar-refractivity contribution in [3.8, 4) is 0 Å². The van der Waals surface area contributed by atoms with Gasteiger partial charge in [0.05, 0.1) is 11.3 Å². The smallest absolute Gasteiger partial charge is 0.190 e. The quantitative estimate of drug-likeness (QED) is 0.176. The lowest BCUT2D eigenvalue weighted by atomic mass is 10.2. The number of halogens is 2. The Balaban J connectivity index is 1.52. The van der Waals surface area contributed by atoms with Crippen LogP contribution >= 0.6 is 39.3 Å². The van der Waals surface area contributed by atoms with E-state index in [0.717, 1.165) is 26.8 Å². The first kappa shape index (κ1) is 20.8. The highest BCUT2D eigenvalue weighted by Gasteiger charge is 2.11. The molecule has 4 nitrogen and oxygen atoms in total. The highest BCUT2D eigenvalue weighted by Crippen LogP contribution is 2.25. The predicted octanol–water partition coefficient (Wildman–Crippen LogP) is 6.63. The molecule has 7 heteroatoms. The lowest BCUT2D eigenvalue weighted by Gasteiger charge is -2.11. The number of rotatable bonds is 7. The third-order valence-electron chi connectivity index (χ3n) is 4.45. The van der Waals surface area contributed by atoms with Crippen molar-refractivity contribution in [2.45, 2.75) is 11.7 Å². The summed E-state index contributed by atoms with van der Waals surface area (Å²) in [7, 11) is 0. The monoisotopic (exact) mass is 497 g/mol. The van der Waals surface area contributed by atoms with Crippen LogP contribution < -0.4 is 5.32 Å². The minimum Gasteiger partial charge on any atom is -0.365 e. The van der Waals surface area contributed by atoms with Gasteiger partial charge in [-0.05, 0) is 42.0 Å². The van der Waals surface area contributed by atoms with Crippen molar-refractivity contribution in [3.05, 3.63) is 93.4 Å². The van der Waals surface area contributed by atoms with Crippen LogP contribution in [0.2, 0.25) is 5.02 Å². The van der Waals surface area contributed by atoms with E-state index >= 15 is 0 Å². The molecule has 0 amide bonds. The minimum atomic E-state index is 0.0416. The number of carbonyl (C=O) groups excluding carboxylic acids is 1. The Bertz CT molecular complexity index is 1180. The van der Waals surface area contributed by atoms with Gasteiger partial charge in [-0.15, -0.1) is 0 Å². The molecule has 1 heterocycles. The van der Waals surface area contributed by atoms with Gasteiger partial charge in [-0.2, -0.15) is 0 Å². The molecule has 0 spiro atoms. The highest BCUT2D eigenvalue weighted by molar-refractivity contribution is 9.10. The van der Waals surface area contributed by atoms with E-state index in [4.69, 9.17) is 11.6 Å². The molecule has 0 bridgehead atoms. The summed E-state index contributed by atoms with van der Waals surface area (Å²) in [6, 6.07) is 22.9. The summed E-state index contributed by atoms with van der Waals surface area (Å²) in [5.41, 5.74) is 2.61. The summed E-state index contributed by atoms with van der Waals surface area (Å²) in [6.45, 7) is 0.611. The fourth-order valence-electron chi connectivity index (χ4n) is 2.89. The Hall–Kier alpha value is -2.41. The third kappa shape index (κ3) is 5.19. The first-order valence-electron chi connectivity index (χ1n) is 9.25. The van der Waals surface area contributed by atoms with Gasteiger partial charge in [-0.25, -0.2) is 9.97 Å². The van der Waals surface area contributed by atoms with Crippen LogP contribution in [-0.4, -0.2) is 21.5 Å². The molecular formula is C23H17BrClN3OS. The second-order valence-electron chi connectivity index (χ2n) is 6.57. The molecule has 0 atom stereocenters. The number of ketones is 1. The highest BCUT2D eigenvalue weighted by atomic mass is 79.9. The Labute approximate surface area is 192 Å². The first-order valence-corrected chi connectivity index (χ1v) is 11.4. The number of carbonyl (C=O) groups is 1. The number of benzene rings is 3. The maximum absolute atomic E-state index is 12.5. The molecule has 4 aromatic rings. The molecule has 0 fully saturated rings. The van der Waals surface area contributed by atoms with Crippen molar-refractivity contribution >= 4 is 61.8 Å². The SMILES string of the molecule is O=C(CSc1nc(NCc2ccc(Cl)cc2)c2ccccc2n1)c1ccc(Br)cc1. The van der Waals surface area contributed by atoms with Gasteiger partial charge in [-0.3, -0.25) is 4.79 Å². The maximum atomic E-state index is 12.5. The summed E-state index contributed by atoms with van der Waals surface area (Å²) in [5.74, 6) is 1.06. The standard InChI is InChI=1S/C23H17BrClN3OS/c24-17-9-7-16(8-10-17)21(29)14-30-23-27-20-4-2-1-3-19(20)22(28-23)26-13-15-5-11-18(25)12-6-15/h1-12H,13-14H2,(H,26,27,28). The van der Waals surface area contributed by atoms with Crippen LogP contribution in [-0.2, 0) is 6.54 Å². The number of Topliss-reactive ketones (excluding diaryl/α,β-unsaturated/α-hetero) is 1. The Kier molecular flexibility index (Phi) is 6.67. The van der Waals surface area contributed by atoms with Gasteiger partial charge in [0.1, 0.15) is 5.82 Å². The zero-order chi connectivity index (χ0) is 20.9. The molecule has 1 aromatic heterocycles. The Morgan fingerprint density at radius 1 is 0.967 bits per heavy atom. The number of hydrogen-bond acceptors (Lipinski definition) is 5. The molecule has 0 aliphatic heterocycles. The van der Waals surface area contributed by atoms with Crippen LogP contribution in [0.4, 0.5) is 5.82 Å². The number of thioether (sulfide) groups is 1. The predicted molar refractivity (Wildman–Crippen MR) is 128 cm³/mol. The number of aromatic nitrogens is 2. The van der Waals surface area contributed by atoms with Gasteiger partial charge < -0.3 is 5.32 Å². The zero-order valence-electron chi connectivity index (χ0n) is 15.8. The number of hydrogen-bond donors (Lipinski definition) is 1. The zero-order valence-corrected chi connectivity index (χ0v) is 19.0. The lowest BCUT2D eigenvalue weighted by molar-refractivity contribution is 0.102. The van der Waals surface area contributed by atoms with Crippen molar-refractivity contribution in [3.63, 3.8) is 0 Å². The van der Waals surface area contributed by atoms with Gasteiger partial charge in [0.15, 0.2) is 10.9 Å². The lowest BCUT2D eigenvalue weighted by Crippen LogP contribution is -2.06. The van der Waals surface area contributed by atoms with Crippen LogP contribution in [0.15, 0.2) is 82.4 Å². The Morgan fingerprint density at radius 2 is 1.70 bits per heavy atom. The summed E-state index contributed by atoms with van der Waals surface area (Å²) < 4.78 is 0.945. The second kappa shape index (κ2) is 9.60. The largest absolute Gasteiger partial charge is 0.365 e. The number of nitrogens with zero attached hydrogens (tertiary/aromatic N) is 2. The maximum Gasteiger partial charge on any atom is 0.190 e. The van der Waals surface area contributed by atoms with Crippen molar-refractivity contribution in [2.75, 3.05) is 11.1 Å². The summed E-state index contributed by atoms with van der Waals surface area (Å²) >= 11 is 10.7. The van der Waals surface area contributed by atoms with Gasteiger partial charge in [-0.1, -0.05) is 75.7 Å². The molecule has 0 aliphatic rings. The van der Waals surface area contributed by atoms with Crippen LogP contribution in [0.5, 0.6) is 0 Å². The average molecular weight is 499 g/mol. The van der Waals surface area contributed by atoms with E-state index in [1.54, 1.807) is 0 Å². The fraction of sp³-hybridized carbons (Fsp3) is 0.0870. The molecule has 0 aliphatic carbocycles. The molecule has 30 heavy (non-hydrogen) atoms. The van der Waals surface area contributed by atoms with Gasteiger partial charge >= 0.3 is 0 Å². The van der Waals surface area contributed by atoms with E-state index in [0.29, 0.717) is 22.3 Å². The molecular weight excluding hydrogens is 482 g/mol. The van der Waals surface area contributed by atoms with E-state index in [-0.39, 0.29) is 11.5 Å². The summed E-state index contributed by atoms with van der Waals surface area (Å²) in [5, 5.41) is 5.61. The average Bonchev–Trinajstić information content (AvgIpc) is 2.77. The molecule has 0 saturated carbocycles. The van der Waals surface area contributed by atoms with Gasteiger partial charge in [0.2, 0.25) is 0 Å². The number of nitrogens with one attached hydrogen (secondary N) is 1. The second-order valence-corrected chi connectivity index (χ2v) is 8.87. The third-order valence-corrected chi connectivity index (χ3v) is 6.08. The van der Waals surface area contributed by atoms with Crippen molar-refractivity contribution in [2.24, 2.45) is 0 Å². The molecule has 3 aromatic carbocycles. The van der Waals surface area contributed by atoms with E-state index < -0.39 is 0 Å². The van der Waals surface area contributed by atoms with Gasteiger partial charge in [0, 0.05) is 27.0 Å². The molecule has 150 valence electrons. The normalized spacial score (nSPS) is 10.9. The number of fused-ring (bicyclic) bond motifs is 1. The van der Waals surface area contributed by atoms with Crippen LogP contribution in [0.3, 0.4) is 0 Å². The number of para-hydroxylation sites is 1. The first-order chi connectivity index (χ1) is 14.6.